The summed E-state index contributed by atoms with van der Waals surface area (Å²) in [7, 11) is -0.268. The minimum absolute atomic E-state index is 0.156. The molecular weight excluding hydrogens is 382 g/mol. The molecule has 1 aliphatic rings. The molecule has 164 valence electrons. The molecule has 28 heavy (non-hydrogen) atoms. The monoisotopic (exact) mass is 419 g/mol. The zero-order chi connectivity index (χ0) is 21.0. The van der Waals surface area contributed by atoms with Crippen LogP contribution in [-0.2, 0) is 24.5 Å². The van der Waals surface area contributed by atoms with Gasteiger partial charge in [0.05, 0.1) is 12.7 Å². The molecule has 8 nitrogen and oxygen atoms in total. The normalized spacial score (nSPS) is 20.5. The number of nitrogens with one attached hydrogen (secondary N) is 1. The molecule has 0 amide bonds. The first-order valence-electron chi connectivity index (χ1n) is 10.1. The molecular formula is C19H37N3O5S. The fraction of sp³-hybridized carbons (Fsp3) is 0.842. The van der Waals surface area contributed by atoms with Gasteiger partial charge in [-0.15, -0.1) is 6.58 Å². The third-order valence-corrected chi connectivity index (χ3v) is 6.50. The molecule has 0 heterocycles. The predicted molar refractivity (Wildman–Crippen MR) is 110 cm³/mol. The summed E-state index contributed by atoms with van der Waals surface area (Å²) in [6.07, 6.45) is 7.06. The summed E-state index contributed by atoms with van der Waals surface area (Å²) in [5.74, 6) is -0.527. The van der Waals surface area contributed by atoms with Gasteiger partial charge in [-0.3, -0.25) is 4.79 Å². The first kappa shape index (κ1) is 25.0. The van der Waals surface area contributed by atoms with Crippen LogP contribution in [0.4, 0.5) is 0 Å². The maximum absolute atomic E-state index is 12.3. The number of likely N-dealkylation sites (N-methyl/N-ethyl adjacent to an activating group) is 1. The Labute approximate surface area is 170 Å². The van der Waals surface area contributed by atoms with E-state index in [0.29, 0.717) is 12.8 Å². The molecule has 0 aromatic heterocycles. The molecule has 1 aliphatic carbocycles. The molecule has 0 saturated heterocycles. The largest absolute Gasteiger partial charge is 0.465 e. The van der Waals surface area contributed by atoms with E-state index in [4.69, 9.17) is 9.47 Å². The summed E-state index contributed by atoms with van der Waals surface area (Å²) in [4.78, 5) is 14.0. The highest BCUT2D eigenvalue weighted by atomic mass is 32.2. The van der Waals surface area contributed by atoms with E-state index in [1.807, 2.05) is 6.08 Å². The van der Waals surface area contributed by atoms with E-state index in [0.717, 1.165) is 45.4 Å². The highest BCUT2D eigenvalue weighted by molar-refractivity contribution is 7.87. The molecule has 0 radical (unpaired) electrons. The number of carbonyl (C=O) groups is 1. The molecule has 0 aromatic carbocycles. The quantitative estimate of drug-likeness (QED) is 0.261. The van der Waals surface area contributed by atoms with E-state index in [-0.39, 0.29) is 25.3 Å². The van der Waals surface area contributed by atoms with Gasteiger partial charge in [0.25, 0.3) is 10.2 Å². The molecule has 0 aliphatic heterocycles. The summed E-state index contributed by atoms with van der Waals surface area (Å²) in [5, 5.41) is 0. The van der Waals surface area contributed by atoms with Crippen LogP contribution in [0.5, 0.6) is 0 Å². The van der Waals surface area contributed by atoms with Gasteiger partial charge < -0.3 is 14.4 Å². The molecule has 1 rings (SSSR count). The fourth-order valence-electron chi connectivity index (χ4n) is 3.41. The van der Waals surface area contributed by atoms with Crippen LogP contribution in [0, 0.1) is 0 Å². The lowest BCUT2D eigenvalue weighted by Crippen LogP contribution is -2.49. The number of hydrogen-bond donors (Lipinski definition) is 1. The molecule has 0 unspecified atom stereocenters. The van der Waals surface area contributed by atoms with Gasteiger partial charge in [-0.25, -0.2) is 4.72 Å². The average molecular weight is 420 g/mol. The zero-order valence-electron chi connectivity index (χ0n) is 17.6. The number of nitrogens with zero attached hydrogens (tertiary/aromatic N) is 2. The van der Waals surface area contributed by atoms with Crippen molar-refractivity contribution in [3.05, 3.63) is 12.7 Å². The predicted octanol–water partition coefficient (Wildman–Crippen LogP) is 1.54. The average Bonchev–Trinajstić information content (AvgIpc) is 2.67. The van der Waals surface area contributed by atoms with E-state index in [2.05, 4.69) is 23.2 Å². The number of esters is 1. The van der Waals surface area contributed by atoms with Crippen LogP contribution in [0.3, 0.4) is 0 Å². The van der Waals surface area contributed by atoms with Crippen molar-refractivity contribution in [3.8, 4) is 0 Å². The number of hydrogen-bond acceptors (Lipinski definition) is 6. The SMILES string of the molecule is C=CCN(C)CCCCO[C@H]1CC[C@H](N(CC(=O)OCC)S(=O)(=O)NC)CC1. The maximum Gasteiger partial charge on any atom is 0.321 e. The molecule has 1 saturated carbocycles. The van der Waals surface area contributed by atoms with Crippen LogP contribution in [0.2, 0.25) is 0 Å². The second kappa shape index (κ2) is 13.3. The molecule has 0 bridgehead atoms. The molecule has 9 heteroatoms. The summed E-state index contributed by atoms with van der Waals surface area (Å²) >= 11 is 0. The van der Waals surface area contributed by atoms with Gasteiger partial charge in [0.2, 0.25) is 0 Å². The standard InChI is InChI=1S/C19H37N3O5S/c1-5-13-21(4)14-7-8-15-27-18-11-9-17(10-12-18)22(28(24,25)20-3)16-19(23)26-6-2/h5,17-18,20H,1,6-16H2,2-4H3/t17-,18-. The number of unbranched alkanes of at least 4 members (excludes halogenated alkanes) is 1. The van der Waals surface area contributed by atoms with Crippen molar-refractivity contribution in [2.24, 2.45) is 0 Å². The van der Waals surface area contributed by atoms with Gasteiger partial charge in [-0.05, 0) is 59.0 Å². The molecule has 0 atom stereocenters. The van der Waals surface area contributed by atoms with Gasteiger partial charge in [-0.2, -0.15) is 12.7 Å². The van der Waals surface area contributed by atoms with Crippen molar-refractivity contribution < 1.29 is 22.7 Å². The summed E-state index contributed by atoms with van der Waals surface area (Å²) < 4.78 is 39.1. The molecule has 0 aromatic rings. The van der Waals surface area contributed by atoms with Crippen molar-refractivity contribution in [1.82, 2.24) is 13.9 Å². The number of ether oxygens (including phenoxy) is 2. The molecule has 1 fully saturated rings. The highest BCUT2D eigenvalue weighted by Crippen LogP contribution is 2.26. The van der Waals surface area contributed by atoms with Crippen LogP contribution in [0.25, 0.3) is 0 Å². The van der Waals surface area contributed by atoms with E-state index >= 15 is 0 Å². The summed E-state index contributed by atoms with van der Waals surface area (Å²) in [6.45, 7) is 8.04. The first-order valence-corrected chi connectivity index (χ1v) is 11.5. The Morgan fingerprint density at radius 3 is 2.50 bits per heavy atom. The first-order chi connectivity index (χ1) is 13.3. The third kappa shape index (κ3) is 9.00. The van der Waals surface area contributed by atoms with Crippen LogP contribution in [0.1, 0.15) is 45.4 Å². The Morgan fingerprint density at radius 2 is 1.93 bits per heavy atom. The van der Waals surface area contributed by atoms with Gasteiger partial charge >= 0.3 is 5.97 Å². The van der Waals surface area contributed by atoms with Crippen LogP contribution >= 0.6 is 0 Å². The molecule has 1 N–H and O–H groups in total. The van der Waals surface area contributed by atoms with Gasteiger partial charge in [0.1, 0.15) is 6.54 Å². The van der Waals surface area contributed by atoms with E-state index in [1.165, 1.54) is 11.4 Å². The lowest BCUT2D eigenvalue weighted by Gasteiger charge is -2.35. The van der Waals surface area contributed by atoms with E-state index in [9.17, 15) is 13.2 Å². The van der Waals surface area contributed by atoms with Crippen molar-refractivity contribution >= 4 is 16.2 Å². The minimum Gasteiger partial charge on any atom is -0.465 e. The number of rotatable bonds is 14. The van der Waals surface area contributed by atoms with E-state index in [1.54, 1.807) is 6.92 Å². The van der Waals surface area contributed by atoms with Crippen LogP contribution < -0.4 is 4.72 Å². The van der Waals surface area contributed by atoms with Gasteiger partial charge in [0.15, 0.2) is 0 Å². The Hall–Kier alpha value is -1.00. The fourth-order valence-corrected chi connectivity index (χ4v) is 4.52. The van der Waals surface area contributed by atoms with Crippen LogP contribution in [-0.4, -0.2) is 82.7 Å². The summed E-state index contributed by atoms with van der Waals surface area (Å²) in [5.41, 5.74) is 0. The van der Waals surface area contributed by atoms with E-state index < -0.39 is 16.2 Å². The zero-order valence-corrected chi connectivity index (χ0v) is 18.4. The van der Waals surface area contributed by atoms with Crippen molar-refractivity contribution in [2.45, 2.75) is 57.6 Å². The van der Waals surface area contributed by atoms with Crippen molar-refractivity contribution in [2.75, 3.05) is 46.9 Å². The number of carbonyl (C=O) groups excluding carboxylic acids is 1. The maximum atomic E-state index is 12.3. The second-order valence-electron chi connectivity index (χ2n) is 7.12. The summed E-state index contributed by atoms with van der Waals surface area (Å²) in [6, 6.07) is -0.214. The lowest BCUT2D eigenvalue weighted by atomic mass is 9.93. The molecule has 0 spiro atoms. The smallest absolute Gasteiger partial charge is 0.321 e. The van der Waals surface area contributed by atoms with Crippen molar-refractivity contribution in [3.63, 3.8) is 0 Å². The minimum atomic E-state index is -3.70. The van der Waals surface area contributed by atoms with Crippen molar-refractivity contribution in [1.29, 1.82) is 0 Å². The Morgan fingerprint density at radius 1 is 1.25 bits per heavy atom. The van der Waals surface area contributed by atoms with Crippen LogP contribution in [0.15, 0.2) is 12.7 Å². The highest BCUT2D eigenvalue weighted by Gasteiger charge is 2.34. The lowest BCUT2D eigenvalue weighted by molar-refractivity contribution is -0.143. The Bertz CT molecular complexity index is 562. The van der Waals surface area contributed by atoms with Gasteiger partial charge in [-0.1, -0.05) is 6.08 Å². The topological polar surface area (TPSA) is 88.2 Å². The third-order valence-electron chi connectivity index (χ3n) is 4.94. The second-order valence-corrected chi connectivity index (χ2v) is 8.95. The Kier molecular flexibility index (Phi) is 11.9. The Balaban J connectivity index is 2.40. The van der Waals surface area contributed by atoms with Gasteiger partial charge in [0, 0.05) is 26.2 Å².